The summed E-state index contributed by atoms with van der Waals surface area (Å²) >= 11 is 0. The average Bonchev–Trinajstić information content (AvgIpc) is 2.48. The van der Waals surface area contributed by atoms with Gasteiger partial charge in [0.05, 0.1) is 6.61 Å². The van der Waals surface area contributed by atoms with Crippen LogP contribution in [0.25, 0.3) is 0 Å². The van der Waals surface area contributed by atoms with Gasteiger partial charge < -0.3 is 14.6 Å². The second kappa shape index (κ2) is 10.3. The van der Waals surface area contributed by atoms with Crippen LogP contribution in [0.4, 0.5) is 0 Å². The smallest absolute Gasteiger partial charge is 0.359 e. The van der Waals surface area contributed by atoms with Gasteiger partial charge in [0.25, 0.3) is 5.60 Å². The lowest BCUT2D eigenvalue weighted by atomic mass is 9.92. The Hall–Kier alpha value is -1.95. The molecule has 0 amide bonds. The molecule has 148 valence electrons. The molecule has 0 spiro atoms. The summed E-state index contributed by atoms with van der Waals surface area (Å²) in [6, 6.07) is 0. The Labute approximate surface area is 156 Å². The van der Waals surface area contributed by atoms with Gasteiger partial charge in [-0.05, 0) is 54.4 Å². The van der Waals surface area contributed by atoms with Crippen molar-refractivity contribution in [2.75, 3.05) is 6.61 Å². The lowest BCUT2D eigenvalue weighted by Crippen LogP contribution is -2.51. The molecule has 1 atom stereocenters. The molecule has 0 aliphatic rings. The van der Waals surface area contributed by atoms with Crippen molar-refractivity contribution in [2.45, 2.75) is 78.9 Å². The third-order valence-electron chi connectivity index (χ3n) is 3.63. The van der Waals surface area contributed by atoms with Gasteiger partial charge in [-0.3, -0.25) is 9.59 Å². The molecule has 1 unspecified atom stereocenters. The predicted molar refractivity (Wildman–Crippen MR) is 99.5 cm³/mol. The largest absolute Gasteiger partial charge is 0.457 e. The number of allylic oxidation sites excluding steroid dienone is 2. The fourth-order valence-electron chi connectivity index (χ4n) is 2.16. The van der Waals surface area contributed by atoms with Crippen molar-refractivity contribution in [1.29, 1.82) is 0 Å². The lowest BCUT2D eigenvalue weighted by Gasteiger charge is -2.31. The molecular weight excluding hydrogens is 336 g/mol. The van der Waals surface area contributed by atoms with E-state index in [-0.39, 0.29) is 13.0 Å². The summed E-state index contributed by atoms with van der Waals surface area (Å²) in [5.41, 5.74) is -0.974. The second-order valence-corrected chi connectivity index (χ2v) is 7.48. The molecule has 0 fully saturated rings. The highest BCUT2D eigenvalue weighted by Crippen LogP contribution is 2.25. The van der Waals surface area contributed by atoms with Crippen LogP contribution in [0, 0.1) is 0 Å². The first kappa shape index (κ1) is 24.1. The van der Waals surface area contributed by atoms with Crippen LogP contribution >= 0.6 is 0 Å². The summed E-state index contributed by atoms with van der Waals surface area (Å²) in [7, 11) is 0. The lowest BCUT2D eigenvalue weighted by molar-refractivity contribution is -0.191. The minimum Gasteiger partial charge on any atom is -0.457 e. The van der Waals surface area contributed by atoms with Crippen molar-refractivity contribution >= 4 is 17.7 Å². The Balaban J connectivity index is 5.46. The molecule has 1 N–H and O–H groups in total. The standard InChI is InChI=1S/C20H32O6/c1-14(9-8-10-15(2)13-21)11-12-20(16(3)22,25-17(4)23)18(24)26-19(5,6)7/h10-11,21H,8-9,12-13H2,1-7H3. The van der Waals surface area contributed by atoms with Crippen LogP contribution in [0.5, 0.6) is 0 Å². The molecule has 0 saturated heterocycles. The molecule has 0 saturated carbocycles. The van der Waals surface area contributed by atoms with Gasteiger partial charge in [0, 0.05) is 13.3 Å². The van der Waals surface area contributed by atoms with E-state index in [1.54, 1.807) is 26.8 Å². The molecule has 0 radical (unpaired) electrons. The summed E-state index contributed by atoms with van der Waals surface area (Å²) < 4.78 is 10.5. The molecule has 26 heavy (non-hydrogen) atoms. The summed E-state index contributed by atoms with van der Waals surface area (Å²) in [4.78, 5) is 36.4. The molecule has 0 aromatic heterocycles. The number of aliphatic hydroxyl groups excluding tert-OH is 1. The monoisotopic (exact) mass is 368 g/mol. The van der Waals surface area contributed by atoms with E-state index in [1.165, 1.54) is 6.92 Å². The first-order chi connectivity index (χ1) is 11.8. The molecule has 0 rings (SSSR count). The van der Waals surface area contributed by atoms with Gasteiger partial charge in [-0.25, -0.2) is 4.79 Å². The van der Waals surface area contributed by atoms with Gasteiger partial charge >= 0.3 is 11.9 Å². The van der Waals surface area contributed by atoms with Gasteiger partial charge in [-0.1, -0.05) is 23.3 Å². The minimum atomic E-state index is -1.97. The van der Waals surface area contributed by atoms with E-state index in [0.717, 1.165) is 24.5 Å². The van der Waals surface area contributed by atoms with Gasteiger partial charge in [0.1, 0.15) is 5.60 Å². The summed E-state index contributed by atoms with van der Waals surface area (Å²) in [5.74, 6) is -2.17. The normalized spacial score (nSPS) is 15.2. The van der Waals surface area contributed by atoms with Crippen molar-refractivity contribution in [3.05, 3.63) is 23.3 Å². The van der Waals surface area contributed by atoms with Crippen LogP contribution in [0.2, 0.25) is 0 Å². The predicted octanol–water partition coefficient (Wildman–Crippen LogP) is 3.27. The molecule has 6 heteroatoms. The van der Waals surface area contributed by atoms with E-state index in [0.29, 0.717) is 6.42 Å². The molecule has 0 aromatic carbocycles. The molecule has 0 heterocycles. The quantitative estimate of drug-likeness (QED) is 0.382. The van der Waals surface area contributed by atoms with E-state index in [4.69, 9.17) is 14.6 Å². The number of carbonyl (C=O) groups excluding carboxylic acids is 3. The fraction of sp³-hybridized carbons (Fsp3) is 0.650. The Morgan fingerprint density at radius 2 is 1.50 bits per heavy atom. The first-order valence-electron chi connectivity index (χ1n) is 8.70. The number of rotatable bonds is 9. The highest BCUT2D eigenvalue weighted by molar-refractivity contribution is 6.07. The Morgan fingerprint density at radius 3 is 1.92 bits per heavy atom. The molecule has 0 aliphatic heterocycles. The fourth-order valence-corrected chi connectivity index (χ4v) is 2.16. The number of esters is 2. The number of Topliss-reactive ketones (excluding diaryl/α,β-unsaturated/α-hetero) is 1. The number of hydrogen-bond donors (Lipinski definition) is 1. The van der Waals surface area contributed by atoms with Crippen LogP contribution in [0.1, 0.15) is 67.7 Å². The van der Waals surface area contributed by atoms with Crippen molar-refractivity contribution in [1.82, 2.24) is 0 Å². The maximum absolute atomic E-state index is 12.6. The zero-order valence-electron chi connectivity index (χ0n) is 17.0. The van der Waals surface area contributed by atoms with Gasteiger partial charge in [0.2, 0.25) is 0 Å². The molecule has 0 aliphatic carbocycles. The van der Waals surface area contributed by atoms with E-state index in [2.05, 4.69) is 0 Å². The molecule has 6 nitrogen and oxygen atoms in total. The number of aliphatic hydroxyl groups is 1. The SMILES string of the molecule is CC(=O)OC(CC=C(C)CCC=C(C)CO)(C(C)=O)C(=O)OC(C)(C)C. The van der Waals surface area contributed by atoms with E-state index >= 15 is 0 Å². The molecular formula is C20H32O6. The van der Waals surface area contributed by atoms with Crippen LogP contribution in [-0.2, 0) is 23.9 Å². The number of ketones is 1. The van der Waals surface area contributed by atoms with Gasteiger partial charge in [-0.2, -0.15) is 0 Å². The van der Waals surface area contributed by atoms with Crippen molar-refractivity contribution < 1.29 is 29.0 Å². The maximum atomic E-state index is 12.6. The number of hydrogen-bond acceptors (Lipinski definition) is 6. The molecule has 0 aromatic rings. The van der Waals surface area contributed by atoms with Gasteiger partial charge in [-0.15, -0.1) is 0 Å². The van der Waals surface area contributed by atoms with Crippen molar-refractivity contribution in [3.63, 3.8) is 0 Å². The third kappa shape index (κ3) is 8.43. The van der Waals surface area contributed by atoms with Crippen LogP contribution in [-0.4, -0.2) is 40.6 Å². The van der Waals surface area contributed by atoms with Crippen molar-refractivity contribution in [3.8, 4) is 0 Å². The zero-order chi connectivity index (χ0) is 20.5. The number of carbonyl (C=O) groups is 3. The Morgan fingerprint density at radius 1 is 0.923 bits per heavy atom. The molecule has 0 bridgehead atoms. The summed E-state index contributed by atoms with van der Waals surface area (Å²) in [5, 5.41) is 8.99. The Bertz CT molecular complexity index is 580. The summed E-state index contributed by atoms with van der Waals surface area (Å²) in [6.45, 7) is 11.1. The van der Waals surface area contributed by atoms with E-state index < -0.39 is 28.9 Å². The third-order valence-corrected chi connectivity index (χ3v) is 3.63. The second-order valence-electron chi connectivity index (χ2n) is 7.48. The van der Waals surface area contributed by atoms with Crippen LogP contribution < -0.4 is 0 Å². The number of ether oxygens (including phenoxy) is 2. The average molecular weight is 368 g/mol. The Kier molecular flexibility index (Phi) is 9.49. The highest BCUT2D eigenvalue weighted by atomic mass is 16.6. The summed E-state index contributed by atoms with van der Waals surface area (Å²) in [6.07, 6.45) is 4.98. The van der Waals surface area contributed by atoms with Crippen LogP contribution in [0.3, 0.4) is 0 Å². The topological polar surface area (TPSA) is 89.9 Å². The maximum Gasteiger partial charge on any atom is 0.359 e. The van der Waals surface area contributed by atoms with Crippen LogP contribution in [0.15, 0.2) is 23.3 Å². The van der Waals surface area contributed by atoms with E-state index in [9.17, 15) is 14.4 Å². The highest BCUT2D eigenvalue weighted by Gasteiger charge is 2.49. The van der Waals surface area contributed by atoms with E-state index in [1.807, 2.05) is 19.9 Å². The first-order valence-corrected chi connectivity index (χ1v) is 8.70. The minimum absolute atomic E-state index is 0.0152. The zero-order valence-corrected chi connectivity index (χ0v) is 17.0. The van der Waals surface area contributed by atoms with Gasteiger partial charge in [0.15, 0.2) is 5.78 Å². The van der Waals surface area contributed by atoms with Crippen molar-refractivity contribution in [2.24, 2.45) is 0 Å².